The maximum atomic E-state index is 4.08. The first-order chi connectivity index (χ1) is 7.76. The van der Waals surface area contributed by atoms with E-state index in [4.69, 9.17) is 0 Å². The van der Waals surface area contributed by atoms with Gasteiger partial charge in [0.1, 0.15) is 0 Å². The number of allylic oxidation sites excluding steroid dienone is 9. The minimum Gasteiger partial charge on any atom is -0.0991 e. The topological polar surface area (TPSA) is 0 Å². The van der Waals surface area contributed by atoms with Gasteiger partial charge < -0.3 is 0 Å². The number of hydrogen-bond donors (Lipinski definition) is 0. The standard InChI is InChI=1S/C16H22/c1-5-8-10-11-14-16(12-7-3)15(4)13-9-6-2/h5-6,8-11,13-14,16H,1-2,4,7,12H2,3H3/b10-8-,13-9-,14-11+. The average molecular weight is 214 g/mol. The molecule has 1 atom stereocenters. The van der Waals surface area contributed by atoms with Crippen molar-refractivity contribution in [1.82, 2.24) is 0 Å². The Bertz CT molecular complexity index is 300. The first kappa shape index (κ1) is 14.4. The van der Waals surface area contributed by atoms with Gasteiger partial charge in [-0.15, -0.1) is 0 Å². The van der Waals surface area contributed by atoms with Crippen LogP contribution >= 0.6 is 0 Å². The summed E-state index contributed by atoms with van der Waals surface area (Å²) >= 11 is 0. The monoisotopic (exact) mass is 214 g/mol. The second-order valence-corrected chi connectivity index (χ2v) is 3.57. The Hall–Kier alpha value is -1.56. The van der Waals surface area contributed by atoms with Gasteiger partial charge in [-0.2, -0.15) is 0 Å². The Labute approximate surface area is 100 Å². The van der Waals surface area contributed by atoms with E-state index in [-0.39, 0.29) is 0 Å². The van der Waals surface area contributed by atoms with E-state index in [1.165, 1.54) is 0 Å². The number of hydrogen-bond acceptors (Lipinski definition) is 0. The van der Waals surface area contributed by atoms with Crippen molar-refractivity contribution in [1.29, 1.82) is 0 Å². The lowest BCUT2D eigenvalue weighted by molar-refractivity contribution is 0.671. The molecule has 0 aromatic heterocycles. The Morgan fingerprint density at radius 1 is 1.06 bits per heavy atom. The van der Waals surface area contributed by atoms with Gasteiger partial charge in [0.25, 0.3) is 0 Å². The van der Waals surface area contributed by atoms with Crippen molar-refractivity contribution in [3.05, 3.63) is 73.9 Å². The van der Waals surface area contributed by atoms with Crippen molar-refractivity contribution in [3.8, 4) is 0 Å². The predicted octanol–water partition coefficient (Wildman–Crippen LogP) is 5.00. The lowest BCUT2D eigenvalue weighted by atomic mass is 9.94. The molecular formula is C16H22. The molecule has 0 spiro atoms. The van der Waals surface area contributed by atoms with Gasteiger partial charge in [-0.1, -0.05) is 81.7 Å². The number of rotatable bonds is 8. The zero-order valence-electron chi connectivity index (χ0n) is 10.2. The van der Waals surface area contributed by atoms with Gasteiger partial charge in [0.15, 0.2) is 0 Å². The molecule has 86 valence electrons. The van der Waals surface area contributed by atoms with Gasteiger partial charge in [0.2, 0.25) is 0 Å². The molecule has 0 rings (SSSR count). The molecular weight excluding hydrogens is 192 g/mol. The summed E-state index contributed by atoms with van der Waals surface area (Å²) in [5.74, 6) is 0.413. The van der Waals surface area contributed by atoms with Crippen LogP contribution in [0.1, 0.15) is 19.8 Å². The molecule has 0 aliphatic heterocycles. The van der Waals surface area contributed by atoms with Crippen LogP contribution in [0.15, 0.2) is 73.9 Å². The highest BCUT2D eigenvalue weighted by Crippen LogP contribution is 2.18. The molecule has 0 aliphatic carbocycles. The van der Waals surface area contributed by atoms with Crippen molar-refractivity contribution in [2.24, 2.45) is 5.92 Å². The zero-order valence-corrected chi connectivity index (χ0v) is 10.2. The first-order valence-corrected chi connectivity index (χ1v) is 5.70. The van der Waals surface area contributed by atoms with Crippen molar-refractivity contribution < 1.29 is 0 Å². The predicted molar refractivity (Wildman–Crippen MR) is 75.4 cm³/mol. The molecule has 0 aromatic carbocycles. The van der Waals surface area contributed by atoms with Crippen LogP contribution in [0.4, 0.5) is 0 Å². The van der Waals surface area contributed by atoms with E-state index in [0.29, 0.717) is 5.92 Å². The van der Waals surface area contributed by atoms with Crippen LogP contribution in [0.25, 0.3) is 0 Å². The van der Waals surface area contributed by atoms with Crippen LogP contribution in [-0.4, -0.2) is 0 Å². The molecule has 0 aliphatic rings. The summed E-state index contributed by atoms with van der Waals surface area (Å²) in [6.07, 6.45) is 17.9. The van der Waals surface area contributed by atoms with Crippen molar-refractivity contribution in [2.75, 3.05) is 0 Å². The van der Waals surface area contributed by atoms with E-state index in [2.05, 4.69) is 38.8 Å². The molecule has 0 heteroatoms. The van der Waals surface area contributed by atoms with Crippen LogP contribution in [-0.2, 0) is 0 Å². The molecule has 0 bridgehead atoms. The summed E-state index contributed by atoms with van der Waals surface area (Å²) in [6, 6.07) is 0. The fourth-order valence-corrected chi connectivity index (χ4v) is 1.37. The van der Waals surface area contributed by atoms with Gasteiger partial charge >= 0.3 is 0 Å². The van der Waals surface area contributed by atoms with Gasteiger partial charge in [-0.3, -0.25) is 0 Å². The SMILES string of the molecule is C=C/C=C\C=C\C(CCC)C(=C)/C=C\C=C. The lowest BCUT2D eigenvalue weighted by Crippen LogP contribution is -1.97. The van der Waals surface area contributed by atoms with Crippen LogP contribution < -0.4 is 0 Å². The quantitative estimate of drug-likeness (QED) is 0.499. The molecule has 0 saturated heterocycles. The van der Waals surface area contributed by atoms with E-state index in [9.17, 15) is 0 Å². The molecule has 0 aromatic rings. The van der Waals surface area contributed by atoms with E-state index in [1.54, 1.807) is 12.2 Å². The van der Waals surface area contributed by atoms with E-state index < -0.39 is 0 Å². The molecule has 0 radical (unpaired) electrons. The van der Waals surface area contributed by atoms with E-state index >= 15 is 0 Å². The summed E-state index contributed by atoms with van der Waals surface area (Å²) < 4.78 is 0. The summed E-state index contributed by atoms with van der Waals surface area (Å²) in [4.78, 5) is 0. The zero-order chi connectivity index (χ0) is 12.2. The molecule has 0 saturated carbocycles. The Morgan fingerprint density at radius 3 is 2.31 bits per heavy atom. The fourth-order valence-electron chi connectivity index (χ4n) is 1.37. The second-order valence-electron chi connectivity index (χ2n) is 3.57. The van der Waals surface area contributed by atoms with Gasteiger partial charge in [0, 0.05) is 5.92 Å². The van der Waals surface area contributed by atoms with Crippen LogP contribution in [0.5, 0.6) is 0 Å². The average Bonchev–Trinajstić information content (AvgIpc) is 2.30. The smallest absolute Gasteiger partial charge is 0.00151 e. The first-order valence-electron chi connectivity index (χ1n) is 5.70. The maximum Gasteiger partial charge on any atom is 0.00151 e. The van der Waals surface area contributed by atoms with Crippen LogP contribution in [0, 0.1) is 5.92 Å². The molecule has 0 nitrogen and oxygen atoms in total. The van der Waals surface area contributed by atoms with Crippen LogP contribution in [0.2, 0.25) is 0 Å². The summed E-state index contributed by atoms with van der Waals surface area (Å²) in [6.45, 7) is 13.6. The highest BCUT2D eigenvalue weighted by atomic mass is 14.1. The van der Waals surface area contributed by atoms with Crippen LogP contribution in [0.3, 0.4) is 0 Å². The Balaban J connectivity index is 4.46. The lowest BCUT2D eigenvalue weighted by Gasteiger charge is -2.11. The second kappa shape index (κ2) is 9.97. The minimum absolute atomic E-state index is 0.413. The third-order valence-electron chi connectivity index (χ3n) is 2.22. The minimum atomic E-state index is 0.413. The highest BCUT2D eigenvalue weighted by molar-refractivity contribution is 5.25. The Kier molecular flexibility index (Phi) is 9.00. The molecule has 0 heterocycles. The maximum absolute atomic E-state index is 4.08. The summed E-state index contributed by atoms with van der Waals surface area (Å²) in [7, 11) is 0. The normalized spacial score (nSPS) is 13.6. The molecule has 0 amide bonds. The van der Waals surface area contributed by atoms with Crippen molar-refractivity contribution >= 4 is 0 Å². The summed E-state index contributed by atoms with van der Waals surface area (Å²) in [5.41, 5.74) is 1.13. The molecule has 1 unspecified atom stereocenters. The fraction of sp³-hybridized carbons (Fsp3) is 0.250. The highest BCUT2D eigenvalue weighted by Gasteiger charge is 2.04. The summed E-state index contributed by atoms with van der Waals surface area (Å²) in [5, 5.41) is 0. The van der Waals surface area contributed by atoms with Gasteiger partial charge in [-0.05, 0) is 12.0 Å². The molecule has 16 heavy (non-hydrogen) atoms. The van der Waals surface area contributed by atoms with E-state index in [0.717, 1.165) is 18.4 Å². The Morgan fingerprint density at radius 2 is 1.75 bits per heavy atom. The van der Waals surface area contributed by atoms with Gasteiger partial charge in [0.05, 0.1) is 0 Å². The molecule has 0 fully saturated rings. The van der Waals surface area contributed by atoms with E-state index in [1.807, 2.05) is 24.3 Å². The van der Waals surface area contributed by atoms with Crippen molar-refractivity contribution in [2.45, 2.75) is 19.8 Å². The third kappa shape index (κ3) is 6.83. The third-order valence-corrected chi connectivity index (χ3v) is 2.22. The van der Waals surface area contributed by atoms with Gasteiger partial charge in [-0.25, -0.2) is 0 Å². The largest absolute Gasteiger partial charge is 0.0991 e. The van der Waals surface area contributed by atoms with Crippen molar-refractivity contribution in [3.63, 3.8) is 0 Å². The molecule has 0 N–H and O–H groups in total.